The van der Waals surface area contributed by atoms with Crippen molar-refractivity contribution in [3.05, 3.63) is 78.6 Å². The summed E-state index contributed by atoms with van der Waals surface area (Å²) in [6.45, 7) is 0. The van der Waals surface area contributed by atoms with E-state index in [2.05, 4.69) is 15.6 Å². The smallest absolute Gasteiger partial charge is 0.257 e. The van der Waals surface area contributed by atoms with Crippen LogP contribution < -0.4 is 15.4 Å². The van der Waals surface area contributed by atoms with Crippen molar-refractivity contribution >= 4 is 23.0 Å². The van der Waals surface area contributed by atoms with Crippen LogP contribution in [-0.4, -0.2) is 18.0 Å². The molecule has 0 saturated carbocycles. The van der Waals surface area contributed by atoms with Crippen LogP contribution in [0, 0.1) is 0 Å². The number of rotatable bonds is 5. The second-order valence-corrected chi connectivity index (χ2v) is 5.14. The molecule has 0 saturated heterocycles. The SMILES string of the molecule is COc1ccc(Nc2cncc(C(=O)Nc3ccccc3)c2)cc1. The number of nitrogens with zero attached hydrogens (tertiary/aromatic N) is 1. The molecule has 0 radical (unpaired) electrons. The van der Waals surface area contributed by atoms with Crippen LogP contribution in [0.25, 0.3) is 0 Å². The number of ether oxygens (including phenoxy) is 1. The van der Waals surface area contributed by atoms with Gasteiger partial charge in [-0.05, 0) is 42.5 Å². The summed E-state index contributed by atoms with van der Waals surface area (Å²) in [4.78, 5) is 16.4. The van der Waals surface area contributed by atoms with E-state index in [0.717, 1.165) is 22.8 Å². The number of para-hydroxylation sites is 1. The highest BCUT2D eigenvalue weighted by Gasteiger charge is 2.07. The van der Waals surface area contributed by atoms with Crippen molar-refractivity contribution in [3.63, 3.8) is 0 Å². The van der Waals surface area contributed by atoms with Crippen LogP contribution in [0.3, 0.4) is 0 Å². The van der Waals surface area contributed by atoms with E-state index in [1.54, 1.807) is 19.4 Å². The van der Waals surface area contributed by atoms with E-state index in [9.17, 15) is 4.79 Å². The Hall–Kier alpha value is -3.34. The number of carbonyl (C=O) groups is 1. The molecule has 5 nitrogen and oxygen atoms in total. The third-order valence-electron chi connectivity index (χ3n) is 3.41. The van der Waals surface area contributed by atoms with Gasteiger partial charge in [0.15, 0.2) is 0 Å². The quantitative estimate of drug-likeness (QED) is 0.743. The van der Waals surface area contributed by atoms with Crippen LogP contribution in [0.4, 0.5) is 17.1 Å². The molecule has 24 heavy (non-hydrogen) atoms. The molecular formula is C19H17N3O2. The minimum atomic E-state index is -0.202. The Morgan fingerprint density at radius 1 is 0.917 bits per heavy atom. The molecule has 1 amide bonds. The average Bonchev–Trinajstić information content (AvgIpc) is 2.63. The molecule has 0 unspecified atom stereocenters. The maximum Gasteiger partial charge on any atom is 0.257 e. The van der Waals surface area contributed by atoms with Crippen LogP contribution in [0.2, 0.25) is 0 Å². The van der Waals surface area contributed by atoms with E-state index < -0.39 is 0 Å². The molecule has 0 aliphatic carbocycles. The van der Waals surface area contributed by atoms with Crippen LogP contribution in [0.15, 0.2) is 73.1 Å². The summed E-state index contributed by atoms with van der Waals surface area (Å²) in [7, 11) is 1.63. The first-order valence-electron chi connectivity index (χ1n) is 7.47. The van der Waals surface area contributed by atoms with Crippen LogP contribution in [-0.2, 0) is 0 Å². The number of hydrogen-bond donors (Lipinski definition) is 2. The summed E-state index contributed by atoms with van der Waals surface area (Å²) in [5, 5.41) is 6.06. The van der Waals surface area contributed by atoms with E-state index in [-0.39, 0.29) is 5.91 Å². The van der Waals surface area contributed by atoms with E-state index >= 15 is 0 Å². The van der Waals surface area contributed by atoms with Gasteiger partial charge in [-0.2, -0.15) is 0 Å². The van der Waals surface area contributed by atoms with Gasteiger partial charge >= 0.3 is 0 Å². The van der Waals surface area contributed by atoms with Gasteiger partial charge in [0, 0.05) is 17.6 Å². The summed E-state index contributed by atoms with van der Waals surface area (Å²) < 4.78 is 5.13. The van der Waals surface area contributed by atoms with E-state index in [0.29, 0.717) is 5.56 Å². The van der Waals surface area contributed by atoms with Gasteiger partial charge in [0.25, 0.3) is 5.91 Å². The number of methoxy groups -OCH3 is 1. The third-order valence-corrected chi connectivity index (χ3v) is 3.41. The number of aromatic nitrogens is 1. The molecule has 0 bridgehead atoms. The highest BCUT2D eigenvalue weighted by molar-refractivity contribution is 6.04. The topological polar surface area (TPSA) is 63.2 Å². The first kappa shape index (κ1) is 15.6. The maximum absolute atomic E-state index is 12.3. The summed E-state index contributed by atoms with van der Waals surface area (Å²) >= 11 is 0. The summed E-state index contributed by atoms with van der Waals surface area (Å²) in [6.07, 6.45) is 3.21. The number of hydrogen-bond acceptors (Lipinski definition) is 4. The molecular weight excluding hydrogens is 302 g/mol. The first-order valence-corrected chi connectivity index (χ1v) is 7.47. The number of anilines is 3. The van der Waals surface area contributed by atoms with Gasteiger partial charge in [-0.15, -0.1) is 0 Å². The Kier molecular flexibility index (Phi) is 4.72. The van der Waals surface area contributed by atoms with Crippen molar-refractivity contribution in [2.75, 3.05) is 17.7 Å². The summed E-state index contributed by atoms with van der Waals surface area (Å²) in [5.74, 6) is 0.585. The highest BCUT2D eigenvalue weighted by Crippen LogP contribution is 2.20. The second kappa shape index (κ2) is 7.28. The van der Waals surface area contributed by atoms with Gasteiger partial charge in [-0.25, -0.2) is 0 Å². The fourth-order valence-corrected chi connectivity index (χ4v) is 2.20. The second-order valence-electron chi connectivity index (χ2n) is 5.14. The largest absolute Gasteiger partial charge is 0.497 e. The van der Waals surface area contributed by atoms with Crippen molar-refractivity contribution < 1.29 is 9.53 Å². The molecule has 0 spiro atoms. The van der Waals surface area contributed by atoms with Crippen LogP contribution in [0.5, 0.6) is 5.75 Å². The maximum atomic E-state index is 12.3. The van der Waals surface area contributed by atoms with Gasteiger partial charge in [-0.3, -0.25) is 9.78 Å². The third kappa shape index (κ3) is 3.89. The van der Waals surface area contributed by atoms with Gasteiger partial charge in [0.1, 0.15) is 5.75 Å². The normalized spacial score (nSPS) is 10.0. The van der Waals surface area contributed by atoms with Crippen molar-refractivity contribution in [1.29, 1.82) is 0 Å². The Bertz CT molecular complexity index is 818. The zero-order chi connectivity index (χ0) is 16.8. The predicted molar refractivity (Wildman–Crippen MR) is 94.9 cm³/mol. The molecule has 0 atom stereocenters. The highest BCUT2D eigenvalue weighted by atomic mass is 16.5. The molecule has 120 valence electrons. The lowest BCUT2D eigenvalue weighted by Gasteiger charge is -2.09. The Morgan fingerprint density at radius 3 is 2.38 bits per heavy atom. The van der Waals surface area contributed by atoms with Crippen molar-refractivity contribution in [3.8, 4) is 5.75 Å². The number of amides is 1. The Balaban J connectivity index is 1.72. The monoisotopic (exact) mass is 319 g/mol. The fraction of sp³-hybridized carbons (Fsp3) is 0.0526. The van der Waals surface area contributed by atoms with E-state index in [1.165, 1.54) is 6.20 Å². The molecule has 2 N–H and O–H groups in total. The van der Waals surface area contributed by atoms with Crippen molar-refractivity contribution in [1.82, 2.24) is 4.98 Å². The summed E-state index contributed by atoms with van der Waals surface area (Å²) in [6, 6.07) is 18.6. The van der Waals surface area contributed by atoms with Gasteiger partial charge in [0.2, 0.25) is 0 Å². The molecule has 1 heterocycles. The minimum absolute atomic E-state index is 0.202. The lowest BCUT2D eigenvalue weighted by Crippen LogP contribution is -2.12. The first-order chi connectivity index (χ1) is 11.7. The van der Waals surface area contributed by atoms with E-state index in [1.807, 2.05) is 54.6 Å². The van der Waals surface area contributed by atoms with Crippen LogP contribution >= 0.6 is 0 Å². The van der Waals surface area contributed by atoms with Gasteiger partial charge < -0.3 is 15.4 Å². The zero-order valence-corrected chi connectivity index (χ0v) is 13.2. The van der Waals surface area contributed by atoms with Gasteiger partial charge in [0.05, 0.1) is 24.6 Å². The molecule has 2 aromatic carbocycles. The minimum Gasteiger partial charge on any atom is -0.497 e. The van der Waals surface area contributed by atoms with Crippen LogP contribution in [0.1, 0.15) is 10.4 Å². The molecule has 0 fully saturated rings. The molecule has 5 heteroatoms. The molecule has 3 rings (SSSR count). The predicted octanol–water partition coefficient (Wildman–Crippen LogP) is 4.09. The molecule has 0 aliphatic heterocycles. The number of carbonyl (C=O) groups excluding carboxylic acids is 1. The lowest BCUT2D eigenvalue weighted by atomic mass is 10.2. The Morgan fingerprint density at radius 2 is 1.67 bits per heavy atom. The molecule has 1 aromatic heterocycles. The average molecular weight is 319 g/mol. The summed E-state index contributed by atoms with van der Waals surface area (Å²) in [5.41, 5.74) is 2.85. The van der Waals surface area contributed by atoms with Crippen molar-refractivity contribution in [2.45, 2.75) is 0 Å². The molecule has 0 aliphatic rings. The van der Waals surface area contributed by atoms with Crippen molar-refractivity contribution in [2.24, 2.45) is 0 Å². The zero-order valence-electron chi connectivity index (χ0n) is 13.2. The lowest BCUT2D eigenvalue weighted by molar-refractivity contribution is 0.102. The van der Waals surface area contributed by atoms with Gasteiger partial charge in [-0.1, -0.05) is 18.2 Å². The number of pyridine rings is 1. The molecule has 3 aromatic rings. The number of benzene rings is 2. The van der Waals surface area contributed by atoms with E-state index in [4.69, 9.17) is 4.74 Å². The fourth-order valence-electron chi connectivity index (χ4n) is 2.20. The Labute approximate surface area is 140 Å². The standard InChI is InChI=1S/C19H17N3O2/c1-24-18-9-7-16(8-10-18)21-17-11-14(12-20-13-17)19(23)22-15-5-3-2-4-6-15/h2-13,21H,1H3,(H,22,23). The number of nitrogens with one attached hydrogen (secondary N) is 2.